The van der Waals surface area contributed by atoms with E-state index < -0.39 is 15.9 Å². The van der Waals surface area contributed by atoms with Gasteiger partial charge in [0.05, 0.1) is 24.7 Å². The summed E-state index contributed by atoms with van der Waals surface area (Å²) in [6, 6.07) is 9.38. The van der Waals surface area contributed by atoms with Crippen LogP contribution in [0.15, 0.2) is 41.3 Å². The molecule has 2 aromatic carbocycles. The highest BCUT2D eigenvalue weighted by molar-refractivity contribution is 7.89. The minimum absolute atomic E-state index is 0.0201. The lowest BCUT2D eigenvalue weighted by Gasteiger charge is -2.21. The Hall–Kier alpha value is -2.98. The lowest BCUT2D eigenvalue weighted by atomic mass is 10.2. The third-order valence-corrected chi connectivity index (χ3v) is 6.21. The van der Waals surface area contributed by atoms with Crippen LogP contribution in [0.25, 0.3) is 0 Å². The van der Waals surface area contributed by atoms with Crippen molar-refractivity contribution in [2.45, 2.75) is 18.7 Å². The summed E-state index contributed by atoms with van der Waals surface area (Å²) in [6.45, 7) is 5.02. The average molecular weight is 451 g/mol. The van der Waals surface area contributed by atoms with Gasteiger partial charge in [0, 0.05) is 24.9 Å². The Labute approximate surface area is 181 Å². The molecule has 1 amide bonds. The Bertz CT molecular complexity index is 1040. The zero-order valence-corrected chi connectivity index (χ0v) is 18.5. The Morgan fingerprint density at radius 2 is 1.68 bits per heavy atom. The molecule has 10 heteroatoms. The lowest BCUT2D eigenvalue weighted by Crippen LogP contribution is -2.35. The number of ether oxygens (including phenoxy) is 4. The van der Waals surface area contributed by atoms with Gasteiger partial charge < -0.3 is 24.3 Å². The molecular formula is C21H26N2O7S. The molecule has 0 aromatic heterocycles. The molecule has 0 spiro atoms. The summed E-state index contributed by atoms with van der Waals surface area (Å²) in [4.78, 5) is 12.5. The Morgan fingerprint density at radius 1 is 1.00 bits per heavy atom. The Morgan fingerprint density at radius 3 is 2.39 bits per heavy atom. The molecular weight excluding hydrogens is 424 g/mol. The predicted molar refractivity (Wildman–Crippen MR) is 115 cm³/mol. The number of anilines is 1. The van der Waals surface area contributed by atoms with Crippen LogP contribution < -0.4 is 24.3 Å². The molecule has 2 aromatic rings. The smallest absolute Gasteiger partial charge is 0.243 e. The van der Waals surface area contributed by atoms with Crippen molar-refractivity contribution in [1.82, 2.24) is 4.31 Å². The second-order valence-corrected chi connectivity index (χ2v) is 8.69. The SMILES string of the molecule is CCOc1ccc(NC(=O)CN(C)S(=O)(=O)c2ccc3c(c2)OCCO3)cc1OCC. The quantitative estimate of drug-likeness (QED) is 0.626. The third kappa shape index (κ3) is 5.39. The molecule has 1 heterocycles. The molecule has 0 bridgehead atoms. The average Bonchev–Trinajstić information content (AvgIpc) is 2.75. The van der Waals surface area contributed by atoms with E-state index >= 15 is 0 Å². The Balaban J connectivity index is 1.69. The van der Waals surface area contributed by atoms with Crippen LogP contribution in [0.5, 0.6) is 23.0 Å². The minimum Gasteiger partial charge on any atom is -0.490 e. The first-order valence-electron chi connectivity index (χ1n) is 9.90. The van der Waals surface area contributed by atoms with Crippen molar-refractivity contribution in [3.8, 4) is 23.0 Å². The maximum atomic E-state index is 12.9. The fourth-order valence-electron chi connectivity index (χ4n) is 2.98. The van der Waals surface area contributed by atoms with Gasteiger partial charge in [-0.3, -0.25) is 4.79 Å². The number of nitrogens with one attached hydrogen (secondary N) is 1. The third-order valence-electron chi connectivity index (χ3n) is 4.42. The zero-order valence-electron chi connectivity index (χ0n) is 17.7. The molecule has 1 N–H and O–H groups in total. The summed E-state index contributed by atoms with van der Waals surface area (Å²) in [5, 5.41) is 2.69. The van der Waals surface area contributed by atoms with Crippen LogP contribution >= 0.6 is 0 Å². The van der Waals surface area contributed by atoms with E-state index in [9.17, 15) is 13.2 Å². The number of hydrogen-bond acceptors (Lipinski definition) is 7. The van der Waals surface area contributed by atoms with E-state index in [1.165, 1.54) is 19.2 Å². The normalized spacial score (nSPS) is 13.0. The number of fused-ring (bicyclic) bond motifs is 1. The maximum absolute atomic E-state index is 12.9. The monoisotopic (exact) mass is 450 g/mol. The highest BCUT2D eigenvalue weighted by Crippen LogP contribution is 2.33. The summed E-state index contributed by atoms with van der Waals surface area (Å²) < 4.78 is 48.6. The van der Waals surface area contributed by atoms with Crippen LogP contribution in [-0.4, -0.2) is 58.7 Å². The van der Waals surface area contributed by atoms with Crippen molar-refractivity contribution in [2.75, 3.05) is 45.3 Å². The number of hydrogen-bond donors (Lipinski definition) is 1. The van der Waals surface area contributed by atoms with Gasteiger partial charge in [0.25, 0.3) is 0 Å². The predicted octanol–water partition coefficient (Wildman–Crippen LogP) is 2.51. The topological polar surface area (TPSA) is 103 Å². The number of likely N-dealkylation sites (N-methyl/N-ethyl adjacent to an activating group) is 1. The summed E-state index contributed by atoms with van der Waals surface area (Å²) in [7, 11) is -2.56. The summed E-state index contributed by atoms with van der Waals surface area (Å²) in [5.41, 5.74) is 0.474. The number of benzene rings is 2. The summed E-state index contributed by atoms with van der Waals surface area (Å²) in [5.74, 6) is 1.43. The van der Waals surface area contributed by atoms with Crippen LogP contribution in [0, 0.1) is 0 Å². The van der Waals surface area contributed by atoms with Crippen molar-refractivity contribution < 1.29 is 32.2 Å². The van der Waals surface area contributed by atoms with Crippen LogP contribution in [0.1, 0.15) is 13.8 Å². The van der Waals surface area contributed by atoms with Gasteiger partial charge in [-0.2, -0.15) is 4.31 Å². The van der Waals surface area contributed by atoms with Gasteiger partial charge in [-0.15, -0.1) is 0 Å². The van der Waals surface area contributed by atoms with Gasteiger partial charge in [0.15, 0.2) is 23.0 Å². The molecule has 0 saturated heterocycles. The molecule has 168 valence electrons. The van der Waals surface area contributed by atoms with Crippen molar-refractivity contribution in [3.63, 3.8) is 0 Å². The number of carbonyl (C=O) groups excluding carboxylic acids is 1. The number of amides is 1. The maximum Gasteiger partial charge on any atom is 0.243 e. The van der Waals surface area contributed by atoms with E-state index in [-0.39, 0.29) is 11.4 Å². The highest BCUT2D eigenvalue weighted by atomic mass is 32.2. The molecule has 3 rings (SSSR count). The van der Waals surface area contributed by atoms with Gasteiger partial charge in [-0.1, -0.05) is 0 Å². The van der Waals surface area contributed by atoms with Crippen LogP contribution in [0.4, 0.5) is 5.69 Å². The lowest BCUT2D eigenvalue weighted by molar-refractivity contribution is -0.116. The number of rotatable bonds is 9. The molecule has 1 aliphatic rings. The second kappa shape index (κ2) is 9.88. The first-order chi connectivity index (χ1) is 14.8. The van der Waals surface area contributed by atoms with E-state index in [0.717, 1.165) is 4.31 Å². The van der Waals surface area contributed by atoms with Crippen molar-refractivity contribution in [2.24, 2.45) is 0 Å². The summed E-state index contributed by atoms with van der Waals surface area (Å²) in [6.07, 6.45) is 0. The van der Waals surface area contributed by atoms with Crippen LogP contribution in [0.2, 0.25) is 0 Å². The minimum atomic E-state index is -3.90. The van der Waals surface area contributed by atoms with Gasteiger partial charge in [0.2, 0.25) is 15.9 Å². The Kier molecular flexibility index (Phi) is 7.24. The standard InChI is InChI=1S/C21H26N2O7S/c1-4-27-17-8-6-15(12-19(17)28-5-2)22-21(24)14-23(3)31(25,26)16-7-9-18-20(13-16)30-11-10-29-18/h6-9,12-13H,4-5,10-11,14H2,1-3H3,(H,22,24). The van der Waals surface area contributed by atoms with Gasteiger partial charge in [0.1, 0.15) is 13.2 Å². The molecule has 1 aliphatic heterocycles. The summed E-state index contributed by atoms with van der Waals surface area (Å²) >= 11 is 0. The molecule has 31 heavy (non-hydrogen) atoms. The molecule has 0 fully saturated rings. The zero-order chi connectivity index (χ0) is 22.4. The molecule has 9 nitrogen and oxygen atoms in total. The van der Waals surface area contributed by atoms with Gasteiger partial charge >= 0.3 is 0 Å². The van der Waals surface area contributed by atoms with E-state index in [0.29, 0.717) is 55.1 Å². The fraction of sp³-hybridized carbons (Fsp3) is 0.381. The largest absolute Gasteiger partial charge is 0.490 e. The molecule has 0 unspecified atom stereocenters. The number of carbonyl (C=O) groups is 1. The molecule has 0 saturated carbocycles. The molecule has 0 atom stereocenters. The molecule has 0 aliphatic carbocycles. The number of sulfonamides is 1. The fourth-order valence-corrected chi connectivity index (χ4v) is 4.12. The first kappa shape index (κ1) is 22.7. The van der Waals surface area contributed by atoms with Crippen molar-refractivity contribution in [1.29, 1.82) is 0 Å². The van der Waals surface area contributed by atoms with E-state index in [4.69, 9.17) is 18.9 Å². The van der Waals surface area contributed by atoms with E-state index in [1.54, 1.807) is 24.3 Å². The van der Waals surface area contributed by atoms with E-state index in [1.807, 2.05) is 13.8 Å². The van der Waals surface area contributed by atoms with Crippen molar-refractivity contribution >= 4 is 21.6 Å². The van der Waals surface area contributed by atoms with Crippen LogP contribution in [0.3, 0.4) is 0 Å². The van der Waals surface area contributed by atoms with Crippen molar-refractivity contribution in [3.05, 3.63) is 36.4 Å². The van der Waals surface area contributed by atoms with Gasteiger partial charge in [-0.25, -0.2) is 8.42 Å². The highest BCUT2D eigenvalue weighted by Gasteiger charge is 2.25. The van der Waals surface area contributed by atoms with E-state index in [2.05, 4.69) is 5.32 Å². The first-order valence-corrected chi connectivity index (χ1v) is 11.3. The second-order valence-electron chi connectivity index (χ2n) is 6.64. The number of nitrogens with zero attached hydrogens (tertiary/aromatic N) is 1. The molecule has 0 radical (unpaired) electrons. The van der Waals surface area contributed by atoms with Crippen LogP contribution in [-0.2, 0) is 14.8 Å². The van der Waals surface area contributed by atoms with Gasteiger partial charge in [-0.05, 0) is 38.1 Å².